The lowest BCUT2D eigenvalue weighted by atomic mass is 10.0. The van der Waals surface area contributed by atoms with Crippen LogP contribution in [0.3, 0.4) is 0 Å². The van der Waals surface area contributed by atoms with E-state index in [1.807, 2.05) is 32.0 Å². The Bertz CT molecular complexity index is 342. The molecule has 2 nitrogen and oxygen atoms in total. The Morgan fingerprint density at radius 1 is 1.42 bits per heavy atom. The van der Waals surface area contributed by atoms with Crippen LogP contribution in [-0.4, -0.2) is 5.97 Å². The Kier molecular flexibility index (Phi) is 1.43. The first-order valence-electron chi connectivity index (χ1n) is 4.00. The van der Waals surface area contributed by atoms with Crippen molar-refractivity contribution in [2.45, 2.75) is 20.0 Å². The Morgan fingerprint density at radius 2 is 2.17 bits per heavy atom. The highest BCUT2D eigenvalue weighted by atomic mass is 16.5. The zero-order chi connectivity index (χ0) is 8.72. The number of hydrogen-bond acceptors (Lipinski definition) is 2. The van der Waals surface area contributed by atoms with Gasteiger partial charge in [0.25, 0.3) is 0 Å². The summed E-state index contributed by atoms with van der Waals surface area (Å²) in [6.45, 7) is 3.90. The van der Waals surface area contributed by atoms with E-state index >= 15 is 0 Å². The Balaban J connectivity index is 2.60. The van der Waals surface area contributed by atoms with Gasteiger partial charge in [-0.2, -0.15) is 0 Å². The molecule has 0 aromatic heterocycles. The number of carbonyl (C=O) groups excluding carboxylic acids is 1. The molecule has 2 heteroatoms. The molecule has 0 amide bonds. The molecule has 0 bridgehead atoms. The zero-order valence-electron chi connectivity index (χ0n) is 7.13. The highest BCUT2D eigenvalue weighted by molar-refractivity contribution is 5.94. The monoisotopic (exact) mass is 162 g/mol. The van der Waals surface area contributed by atoms with E-state index in [2.05, 4.69) is 0 Å². The lowest BCUT2D eigenvalue weighted by molar-refractivity contribution is 0.0422. The number of benzene rings is 1. The van der Waals surface area contributed by atoms with Crippen molar-refractivity contribution in [3.8, 4) is 0 Å². The third-order valence-electron chi connectivity index (χ3n) is 2.15. The van der Waals surface area contributed by atoms with Gasteiger partial charge < -0.3 is 4.74 Å². The predicted molar refractivity (Wildman–Crippen MR) is 45.0 cm³/mol. The van der Waals surface area contributed by atoms with Crippen LogP contribution in [-0.2, 0) is 4.74 Å². The van der Waals surface area contributed by atoms with Crippen molar-refractivity contribution in [3.63, 3.8) is 0 Å². The largest absolute Gasteiger partial charge is 0.454 e. The van der Waals surface area contributed by atoms with Crippen molar-refractivity contribution in [1.82, 2.24) is 0 Å². The van der Waals surface area contributed by atoms with Gasteiger partial charge in [-0.05, 0) is 19.9 Å². The van der Waals surface area contributed by atoms with E-state index in [0.29, 0.717) is 5.56 Å². The zero-order valence-corrected chi connectivity index (χ0v) is 7.13. The molecule has 62 valence electrons. The van der Waals surface area contributed by atoms with Gasteiger partial charge in [-0.15, -0.1) is 0 Å². The van der Waals surface area contributed by atoms with E-state index in [1.165, 1.54) is 5.56 Å². The molecule has 1 aliphatic rings. The first kappa shape index (κ1) is 7.35. The maximum atomic E-state index is 11.2. The molecule has 1 heterocycles. The van der Waals surface area contributed by atoms with Crippen molar-refractivity contribution in [2.24, 2.45) is 0 Å². The fourth-order valence-corrected chi connectivity index (χ4v) is 1.49. The van der Waals surface area contributed by atoms with Crippen LogP contribution in [0.1, 0.15) is 34.5 Å². The van der Waals surface area contributed by atoms with Gasteiger partial charge in [-0.25, -0.2) is 4.79 Å². The SMILES string of the molecule is Cc1ccc2c(c1)[C@H](C)OC2=O. The van der Waals surface area contributed by atoms with Crippen LogP contribution in [0.25, 0.3) is 0 Å². The fraction of sp³-hybridized carbons (Fsp3) is 0.300. The molecular weight excluding hydrogens is 152 g/mol. The van der Waals surface area contributed by atoms with E-state index in [9.17, 15) is 4.79 Å². The van der Waals surface area contributed by atoms with E-state index in [4.69, 9.17) is 4.74 Å². The van der Waals surface area contributed by atoms with Gasteiger partial charge in [0, 0.05) is 5.56 Å². The highest BCUT2D eigenvalue weighted by Crippen LogP contribution is 2.30. The van der Waals surface area contributed by atoms with Crippen LogP contribution in [0.5, 0.6) is 0 Å². The van der Waals surface area contributed by atoms with Crippen molar-refractivity contribution < 1.29 is 9.53 Å². The average Bonchev–Trinajstić information content (AvgIpc) is 2.28. The van der Waals surface area contributed by atoms with Crippen molar-refractivity contribution in [1.29, 1.82) is 0 Å². The number of fused-ring (bicyclic) bond motifs is 1. The summed E-state index contributed by atoms with van der Waals surface area (Å²) in [7, 11) is 0. The smallest absolute Gasteiger partial charge is 0.339 e. The average molecular weight is 162 g/mol. The second-order valence-corrected chi connectivity index (χ2v) is 3.14. The topological polar surface area (TPSA) is 26.3 Å². The van der Waals surface area contributed by atoms with Crippen LogP contribution < -0.4 is 0 Å². The van der Waals surface area contributed by atoms with Crippen LogP contribution in [0.4, 0.5) is 0 Å². The number of ether oxygens (including phenoxy) is 1. The van der Waals surface area contributed by atoms with Crippen LogP contribution >= 0.6 is 0 Å². The number of rotatable bonds is 0. The molecule has 0 saturated heterocycles. The number of hydrogen-bond donors (Lipinski definition) is 0. The minimum atomic E-state index is -0.197. The molecule has 0 aliphatic carbocycles. The van der Waals surface area contributed by atoms with E-state index in [0.717, 1.165) is 5.56 Å². The maximum Gasteiger partial charge on any atom is 0.339 e. The summed E-state index contributed by atoms with van der Waals surface area (Å²) >= 11 is 0. The Morgan fingerprint density at radius 3 is 2.92 bits per heavy atom. The second kappa shape index (κ2) is 2.34. The first-order chi connectivity index (χ1) is 5.68. The lowest BCUT2D eigenvalue weighted by Gasteiger charge is -2.01. The molecule has 0 fully saturated rings. The minimum Gasteiger partial charge on any atom is -0.454 e. The highest BCUT2D eigenvalue weighted by Gasteiger charge is 2.26. The lowest BCUT2D eigenvalue weighted by Crippen LogP contribution is -1.93. The van der Waals surface area contributed by atoms with Gasteiger partial charge in [0.15, 0.2) is 0 Å². The molecule has 1 aliphatic heterocycles. The summed E-state index contributed by atoms with van der Waals surface area (Å²) in [5.41, 5.74) is 2.90. The summed E-state index contributed by atoms with van der Waals surface area (Å²) in [4.78, 5) is 11.2. The molecule has 0 N–H and O–H groups in total. The van der Waals surface area contributed by atoms with Crippen LogP contribution in [0.15, 0.2) is 18.2 Å². The van der Waals surface area contributed by atoms with Gasteiger partial charge in [0.2, 0.25) is 0 Å². The standard InChI is InChI=1S/C10H10O2/c1-6-3-4-8-9(5-6)7(2)12-10(8)11/h3-5,7H,1-2H3/t7-/m0/s1. The number of esters is 1. The second-order valence-electron chi connectivity index (χ2n) is 3.14. The quantitative estimate of drug-likeness (QED) is 0.547. The predicted octanol–water partition coefficient (Wildman–Crippen LogP) is 2.23. The summed E-state index contributed by atoms with van der Waals surface area (Å²) in [5, 5.41) is 0. The molecule has 2 rings (SSSR count). The molecule has 0 spiro atoms. The summed E-state index contributed by atoms with van der Waals surface area (Å²) in [5.74, 6) is -0.197. The van der Waals surface area contributed by atoms with Crippen LogP contribution in [0.2, 0.25) is 0 Å². The van der Waals surface area contributed by atoms with Gasteiger partial charge >= 0.3 is 5.97 Å². The molecule has 12 heavy (non-hydrogen) atoms. The molecular formula is C10H10O2. The summed E-state index contributed by atoms with van der Waals surface area (Å²) < 4.78 is 5.05. The first-order valence-corrected chi connectivity index (χ1v) is 4.00. The number of aryl methyl sites for hydroxylation is 1. The van der Waals surface area contributed by atoms with Gasteiger partial charge in [-0.3, -0.25) is 0 Å². The van der Waals surface area contributed by atoms with Crippen molar-refractivity contribution >= 4 is 5.97 Å². The molecule has 1 atom stereocenters. The van der Waals surface area contributed by atoms with Crippen molar-refractivity contribution in [3.05, 3.63) is 34.9 Å². The van der Waals surface area contributed by atoms with Gasteiger partial charge in [0.05, 0.1) is 5.56 Å². The Hall–Kier alpha value is -1.31. The fourth-order valence-electron chi connectivity index (χ4n) is 1.49. The van der Waals surface area contributed by atoms with E-state index in [-0.39, 0.29) is 12.1 Å². The van der Waals surface area contributed by atoms with E-state index < -0.39 is 0 Å². The Labute approximate surface area is 71.2 Å². The van der Waals surface area contributed by atoms with Gasteiger partial charge in [0.1, 0.15) is 6.10 Å². The number of cyclic esters (lactones) is 1. The molecule has 0 radical (unpaired) electrons. The molecule has 1 aromatic rings. The van der Waals surface area contributed by atoms with E-state index in [1.54, 1.807) is 0 Å². The molecule has 1 aromatic carbocycles. The normalized spacial score (nSPS) is 20.5. The summed E-state index contributed by atoms with van der Waals surface area (Å²) in [6.07, 6.45) is -0.0765. The van der Waals surface area contributed by atoms with Crippen molar-refractivity contribution in [2.75, 3.05) is 0 Å². The third-order valence-corrected chi connectivity index (χ3v) is 2.15. The third kappa shape index (κ3) is 0.916. The summed E-state index contributed by atoms with van der Waals surface area (Å²) in [6, 6.07) is 5.76. The molecule has 0 saturated carbocycles. The minimum absolute atomic E-state index is 0.0765. The number of carbonyl (C=O) groups is 1. The maximum absolute atomic E-state index is 11.2. The van der Waals surface area contributed by atoms with Gasteiger partial charge in [-0.1, -0.05) is 17.7 Å². The molecule has 0 unspecified atom stereocenters. The van der Waals surface area contributed by atoms with Crippen LogP contribution in [0, 0.1) is 6.92 Å².